The van der Waals surface area contributed by atoms with Gasteiger partial charge in [0.1, 0.15) is 17.6 Å². The average Bonchev–Trinajstić information content (AvgIpc) is 2.92. The molecule has 0 aliphatic carbocycles. The van der Waals surface area contributed by atoms with Gasteiger partial charge in [-0.2, -0.15) is 0 Å². The molecule has 22 heavy (non-hydrogen) atoms. The molecule has 0 amide bonds. The number of hydrogen-bond donors (Lipinski definition) is 2. The fraction of sp³-hybridized carbons (Fsp3) is 0.353. The van der Waals surface area contributed by atoms with Gasteiger partial charge in [-0.1, -0.05) is 0 Å². The first-order valence-electron chi connectivity index (χ1n) is 7.35. The van der Waals surface area contributed by atoms with Crippen molar-refractivity contribution in [1.82, 2.24) is 4.98 Å². The SMILES string of the molecule is COc1cc(CNc2cnccc2CO)c2c(c1)CC(C)O2. The summed E-state index contributed by atoms with van der Waals surface area (Å²) in [6.45, 7) is 2.63. The van der Waals surface area contributed by atoms with Crippen LogP contribution >= 0.6 is 0 Å². The Labute approximate surface area is 129 Å². The molecule has 0 bridgehead atoms. The number of methoxy groups -OCH3 is 1. The minimum Gasteiger partial charge on any atom is -0.497 e. The van der Waals surface area contributed by atoms with Crippen LogP contribution in [0.25, 0.3) is 0 Å². The molecule has 2 N–H and O–H groups in total. The molecule has 1 unspecified atom stereocenters. The summed E-state index contributed by atoms with van der Waals surface area (Å²) in [6, 6.07) is 5.82. The molecule has 0 saturated heterocycles. The third kappa shape index (κ3) is 2.85. The summed E-state index contributed by atoms with van der Waals surface area (Å²) in [7, 11) is 1.67. The molecule has 1 aliphatic heterocycles. The minimum atomic E-state index is -0.0192. The summed E-state index contributed by atoms with van der Waals surface area (Å²) >= 11 is 0. The van der Waals surface area contributed by atoms with Gasteiger partial charge in [-0.3, -0.25) is 4.98 Å². The van der Waals surface area contributed by atoms with Crippen LogP contribution in [0.4, 0.5) is 5.69 Å². The van der Waals surface area contributed by atoms with E-state index >= 15 is 0 Å². The maximum absolute atomic E-state index is 9.37. The lowest BCUT2D eigenvalue weighted by Gasteiger charge is -2.14. The van der Waals surface area contributed by atoms with E-state index in [-0.39, 0.29) is 12.7 Å². The number of aromatic nitrogens is 1. The molecule has 0 saturated carbocycles. The molecule has 2 heterocycles. The van der Waals surface area contributed by atoms with Gasteiger partial charge < -0.3 is 19.9 Å². The van der Waals surface area contributed by atoms with Crippen molar-refractivity contribution in [2.45, 2.75) is 32.6 Å². The van der Waals surface area contributed by atoms with Crippen LogP contribution in [0.1, 0.15) is 23.6 Å². The van der Waals surface area contributed by atoms with E-state index in [1.54, 1.807) is 25.6 Å². The fourth-order valence-corrected chi connectivity index (χ4v) is 2.74. The zero-order chi connectivity index (χ0) is 15.5. The van der Waals surface area contributed by atoms with E-state index in [1.165, 1.54) is 5.56 Å². The monoisotopic (exact) mass is 300 g/mol. The van der Waals surface area contributed by atoms with Gasteiger partial charge in [-0.15, -0.1) is 0 Å². The number of aliphatic hydroxyl groups excluding tert-OH is 1. The summed E-state index contributed by atoms with van der Waals surface area (Å²) in [6.07, 6.45) is 4.47. The van der Waals surface area contributed by atoms with Crippen LogP contribution in [0.15, 0.2) is 30.6 Å². The number of benzene rings is 1. The number of nitrogens with zero attached hydrogens (tertiary/aromatic N) is 1. The second-order valence-corrected chi connectivity index (χ2v) is 5.45. The first kappa shape index (κ1) is 14.7. The smallest absolute Gasteiger partial charge is 0.128 e. The van der Waals surface area contributed by atoms with E-state index in [9.17, 15) is 5.11 Å². The molecule has 1 atom stereocenters. The summed E-state index contributed by atoms with van der Waals surface area (Å²) < 4.78 is 11.3. The normalized spacial score (nSPS) is 16.0. The largest absolute Gasteiger partial charge is 0.497 e. The molecule has 0 spiro atoms. The molecule has 0 radical (unpaired) electrons. The van der Waals surface area contributed by atoms with E-state index in [2.05, 4.69) is 17.2 Å². The predicted molar refractivity (Wildman–Crippen MR) is 84.3 cm³/mol. The Hall–Kier alpha value is -2.27. The lowest BCUT2D eigenvalue weighted by Crippen LogP contribution is -2.07. The number of ether oxygens (including phenoxy) is 2. The highest BCUT2D eigenvalue weighted by molar-refractivity contribution is 5.53. The van der Waals surface area contributed by atoms with Crippen molar-refractivity contribution < 1.29 is 14.6 Å². The van der Waals surface area contributed by atoms with Crippen LogP contribution < -0.4 is 14.8 Å². The van der Waals surface area contributed by atoms with E-state index in [0.29, 0.717) is 6.54 Å². The van der Waals surface area contributed by atoms with Crippen molar-refractivity contribution in [2.24, 2.45) is 0 Å². The number of fused-ring (bicyclic) bond motifs is 1. The van der Waals surface area contributed by atoms with Crippen LogP contribution in [0.2, 0.25) is 0 Å². The van der Waals surface area contributed by atoms with Crippen molar-refractivity contribution in [3.8, 4) is 11.5 Å². The van der Waals surface area contributed by atoms with Crippen LogP contribution in [-0.2, 0) is 19.6 Å². The zero-order valence-corrected chi connectivity index (χ0v) is 12.8. The number of anilines is 1. The highest BCUT2D eigenvalue weighted by Crippen LogP contribution is 2.36. The topological polar surface area (TPSA) is 63.6 Å². The molecular weight excluding hydrogens is 280 g/mol. The van der Waals surface area contributed by atoms with Gasteiger partial charge in [0.15, 0.2) is 0 Å². The van der Waals surface area contributed by atoms with Gasteiger partial charge in [0, 0.05) is 35.9 Å². The molecular formula is C17H20N2O3. The van der Waals surface area contributed by atoms with Crippen molar-refractivity contribution in [3.63, 3.8) is 0 Å². The van der Waals surface area contributed by atoms with E-state index in [4.69, 9.17) is 9.47 Å². The predicted octanol–water partition coefficient (Wildman–Crippen LogP) is 2.52. The van der Waals surface area contributed by atoms with Gasteiger partial charge in [-0.25, -0.2) is 0 Å². The fourth-order valence-electron chi connectivity index (χ4n) is 2.74. The Morgan fingerprint density at radius 1 is 1.41 bits per heavy atom. The van der Waals surface area contributed by atoms with Gasteiger partial charge in [0.25, 0.3) is 0 Å². The number of aliphatic hydroxyl groups is 1. The quantitative estimate of drug-likeness (QED) is 0.888. The maximum Gasteiger partial charge on any atom is 0.128 e. The first-order valence-corrected chi connectivity index (χ1v) is 7.35. The zero-order valence-electron chi connectivity index (χ0n) is 12.8. The molecule has 0 fully saturated rings. The lowest BCUT2D eigenvalue weighted by atomic mass is 10.1. The standard InChI is InChI=1S/C17H20N2O3/c1-11-5-13-6-15(21-2)7-14(17(13)22-11)8-19-16-9-18-4-3-12(16)10-20/h3-4,6-7,9,11,19-20H,5,8,10H2,1-2H3. The van der Waals surface area contributed by atoms with Gasteiger partial charge >= 0.3 is 0 Å². The number of pyridine rings is 1. The third-order valence-corrected chi connectivity index (χ3v) is 3.83. The van der Waals surface area contributed by atoms with E-state index in [1.807, 2.05) is 12.1 Å². The second-order valence-electron chi connectivity index (χ2n) is 5.45. The summed E-state index contributed by atoms with van der Waals surface area (Å²) in [5.41, 5.74) is 3.88. The van der Waals surface area contributed by atoms with Crippen LogP contribution in [-0.4, -0.2) is 23.3 Å². The lowest BCUT2D eigenvalue weighted by molar-refractivity contribution is 0.252. The van der Waals surface area contributed by atoms with E-state index in [0.717, 1.165) is 34.7 Å². The minimum absolute atomic E-state index is 0.0192. The van der Waals surface area contributed by atoms with Crippen LogP contribution in [0.5, 0.6) is 11.5 Å². The Morgan fingerprint density at radius 3 is 3.05 bits per heavy atom. The third-order valence-electron chi connectivity index (χ3n) is 3.83. The van der Waals surface area contributed by atoms with Crippen LogP contribution in [0, 0.1) is 0 Å². The molecule has 1 aliphatic rings. The summed E-state index contributed by atoms with van der Waals surface area (Å²) in [5, 5.41) is 12.7. The number of hydrogen-bond acceptors (Lipinski definition) is 5. The van der Waals surface area contributed by atoms with Gasteiger partial charge in [0.05, 0.1) is 25.6 Å². The summed E-state index contributed by atoms with van der Waals surface area (Å²) in [5.74, 6) is 1.78. The first-order chi connectivity index (χ1) is 10.7. The van der Waals surface area contributed by atoms with E-state index < -0.39 is 0 Å². The molecule has 1 aromatic heterocycles. The van der Waals surface area contributed by atoms with Gasteiger partial charge in [-0.05, 0) is 25.1 Å². The Balaban J connectivity index is 1.85. The Kier molecular flexibility index (Phi) is 4.15. The Morgan fingerprint density at radius 2 is 2.27 bits per heavy atom. The molecule has 2 aromatic rings. The van der Waals surface area contributed by atoms with Crippen molar-refractivity contribution in [2.75, 3.05) is 12.4 Å². The highest BCUT2D eigenvalue weighted by Gasteiger charge is 2.23. The number of rotatable bonds is 5. The molecule has 5 nitrogen and oxygen atoms in total. The Bertz CT molecular complexity index is 673. The average molecular weight is 300 g/mol. The maximum atomic E-state index is 9.37. The van der Waals surface area contributed by atoms with Gasteiger partial charge in [0.2, 0.25) is 0 Å². The molecule has 3 rings (SSSR count). The molecule has 1 aromatic carbocycles. The highest BCUT2D eigenvalue weighted by atomic mass is 16.5. The van der Waals surface area contributed by atoms with Crippen molar-refractivity contribution in [1.29, 1.82) is 0 Å². The van der Waals surface area contributed by atoms with Crippen LogP contribution in [0.3, 0.4) is 0 Å². The van der Waals surface area contributed by atoms with Crippen molar-refractivity contribution >= 4 is 5.69 Å². The molecule has 5 heteroatoms. The second kappa shape index (κ2) is 6.23. The van der Waals surface area contributed by atoms with Crippen molar-refractivity contribution in [3.05, 3.63) is 47.3 Å². The summed E-state index contributed by atoms with van der Waals surface area (Å²) in [4.78, 5) is 4.09. The molecule has 116 valence electrons. The number of nitrogens with one attached hydrogen (secondary N) is 1.